The summed E-state index contributed by atoms with van der Waals surface area (Å²) in [5, 5.41) is 9.26. The van der Waals surface area contributed by atoms with Crippen molar-refractivity contribution in [2.75, 3.05) is 0 Å². The van der Waals surface area contributed by atoms with Crippen LogP contribution in [0.25, 0.3) is 6.08 Å². The summed E-state index contributed by atoms with van der Waals surface area (Å²) >= 11 is 0. The van der Waals surface area contributed by atoms with Crippen LogP contribution in [0.2, 0.25) is 0 Å². The van der Waals surface area contributed by atoms with Crippen molar-refractivity contribution in [3.05, 3.63) is 72.9 Å². The Morgan fingerprint density at radius 3 is 2.65 bits per heavy atom. The molecule has 0 aromatic heterocycles. The van der Waals surface area contributed by atoms with Crippen LogP contribution in [0, 0.1) is 0 Å². The first kappa shape index (κ1) is 12.7. The van der Waals surface area contributed by atoms with E-state index in [1.54, 1.807) is 36.4 Å². The van der Waals surface area contributed by atoms with Crippen LogP contribution in [0.3, 0.4) is 0 Å². The number of allylic oxidation sites excluding steroid dienone is 5. The molecule has 1 N–H and O–H groups in total. The third-order valence-electron chi connectivity index (χ3n) is 2.10. The molecule has 0 fully saturated rings. The molecule has 1 aromatic carbocycles. The summed E-state index contributed by atoms with van der Waals surface area (Å²) in [5.74, 6) is 0.0217. The Morgan fingerprint density at radius 2 is 2.06 bits per heavy atom. The molecule has 2 nitrogen and oxygen atoms in total. The Labute approximate surface area is 101 Å². The number of aromatic hydroxyl groups is 1. The maximum absolute atomic E-state index is 11.7. The average molecular weight is 226 g/mol. The van der Waals surface area contributed by atoms with E-state index in [2.05, 4.69) is 13.2 Å². The summed E-state index contributed by atoms with van der Waals surface area (Å²) in [5.41, 5.74) is 1.25. The zero-order valence-corrected chi connectivity index (χ0v) is 9.47. The standard InChI is InChI=1S/C15H14O2/c1-3-6-13(4-2)15(17)10-9-12-7-5-8-14(16)11-12/h3-11,16H,1-2H2. The van der Waals surface area contributed by atoms with Crippen molar-refractivity contribution < 1.29 is 9.90 Å². The SMILES string of the molecule is C=CC=C(C=C)C(=O)C=Cc1cccc(O)c1. The maximum atomic E-state index is 11.7. The minimum absolute atomic E-state index is 0.150. The number of phenols is 1. The molecule has 17 heavy (non-hydrogen) atoms. The van der Waals surface area contributed by atoms with Gasteiger partial charge < -0.3 is 5.11 Å². The molecule has 0 aliphatic carbocycles. The second kappa shape index (κ2) is 6.28. The normalized spacial score (nSPS) is 11.4. The molecule has 2 heteroatoms. The van der Waals surface area contributed by atoms with E-state index in [-0.39, 0.29) is 11.5 Å². The molecule has 0 saturated heterocycles. The molecule has 1 rings (SSSR count). The summed E-state index contributed by atoms with van der Waals surface area (Å²) < 4.78 is 0. The number of phenolic OH excluding ortho intramolecular Hbond substituents is 1. The van der Waals surface area contributed by atoms with E-state index in [4.69, 9.17) is 0 Å². The highest BCUT2D eigenvalue weighted by molar-refractivity contribution is 6.08. The predicted molar refractivity (Wildman–Crippen MR) is 70.6 cm³/mol. The van der Waals surface area contributed by atoms with E-state index in [9.17, 15) is 9.90 Å². The zero-order valence-electron chi connectivity index (χ0n) is 9.47. The minimum atomic E-state index is -0.150. The fraction of sp³-hybridized carbons (Fsp3) is 0. The van der Waals surface area contributed by atoms with Crippen molar-refractivity contribution in [2.24, 2.45) is 0 Å². The Kier molecular flexibility index (Phi) is 4.70. The summed E-state index contributed by atoms with van der Waals surface area (Å²) in [6, 6.07) is 6.67. The topological polar surface area (TPSA) is 37.3 Å². The molecule has 86 valence electrons. The first-order valence-electron chi connectivity index (χ1n) is 5.14. The average Bonchev–Trinajstić information content (AvgIpc) is 2.33. The molecule has 0 radical (unpaired) electrons. The Hall–Kier alpha value is -2.35. The quantitative estimate of drug-likeness (QED) is 0.618. The number of hydrogen-bond donors (Lipinski definition) is 1. The molecule has 0 heterocycles. The lowest BCUT2D eigenvalue weighted by atomic mass is 10.1. The predicted octanol–water partition coefficient (Wildman–Crippen LogP) is 3.27. The monoisotopic (exact) mass is 226 g/mol. The fourth-order valence-corrected chi connectivity index (χ4v) is 1.27. The van der Waals surface area contributed by atoms with Crippen molar-refractivity contribution in [3.63, 3.8) is 0 Å². The van der Waals surface area contributed by atoms with E-state index >= 15 is 0 Å². The molecular weight excluding hydrogens is 212 g/mol. The van der Waals surface area contributed by atoms with Crippen molar-refractivity contribution in [3.8, 4) is 5.75 Å². The number of ketones is 1. The Balaban J connectivity index is 2.84. The zero-order chi connectivity index (χ0) is 12.7. The van der Waals surface area contributed by atoms with Crippen LogP contribution >= 0.6 is 0 Å². The van der Waals surface area contributed by atoms with Crippen LogP contribution in [-0.2, 0) is 4.79 Å². The van der Waals surface area contributed by atoms with Crippen LogP contribution in [0.4, 0.5) is 0 Å². The van der Waals surface area contributed by atoms with Gasteiger partial charge in [0.15, 0.2) is 5.78 Å². The van der Waals surface area contributed by atoms with Gasteiger partial charge in [-0.1, -0.05) is 49.6 Å². The van der Waals surface area contributed by atoms with Gasteiger partial charge in [-0.05, 0) is 23.8 Å². The molecule has 0 amide bonds. The number of benzene rings is 1. The molecule has 0 spiro atoms. The van der Waals surface area contributed by atoms with E-state index in [1.807, 2.05) is 0 Å². The van der Waals surface area contributed by atoms with Gasteiger partial charge in [-0.25, -0.2) is 0 Å². The number of rotatable bonds is 5. The van der Waals surface area contributed by atoms with Crippen molar-refractivity contribution in [1.82, 2.24) is 0 Å². The smallest absolute Gasteiger partial charge is 0.185 e. The first-order chi connectivity index (χ1) is 8.17. The second-order valence-corrected chi connectivity index (χ2v) is 3.35. The molecular formula is C15H14O2. The van der Waals surface area contributed by atoms with Gasteiger partial charge in [0.1, 0.15) is 5.75 Å². The number of carbonyl (C=O) groups is 1. The molecule has 0 aliphatic rings. The van der Waals surface area contributed by atoms with Gasteiger partial charge in [-0.15, -0.1) is 0 Å². The molecule has 1 aromatic rings. The van der Waals surface area contributed by atoms with Crippen LogP contribution in [0.15, 0.2) is 67.3 Å². The molecule has 0 saturated carbocycles. The summed E-state index contributed by atoms with van der Waals surface area (Å²) in [4.78, 5) is 11.7. The van der Waals surface area contributed by atoms with Crippen LogP contribution in [-0.4, -0.2) is 10.9 Å². The molecule has 0 aliphatic heterocycles. The first-order valence-corrected chi connectivity index (χ1v) is 5.14. The van der Waals surface area contributed by atoms with Crippen molar-refractivity contribution in [1.29, 1.82) is 0 Å². The largest absolute Gasteiger partial charge is 0.508 e. The number of carbonyl (C=O) groups excluding carboxylic acids is 1. The third-order valence-corrected chi connectivity index (χ3v) is 2.10. The van der Waals surface area contributed by atoms with Gasteiger partial charge in [0.25, 0.3) is 0 Å². The molecule has 0 unspecified atom stereocenters. The van der Waals surface area contributed by atoms with Crippen LogP contribution in [0.1, 0.15) is 5.56 Å². The lowest BCUT2D eigenvalue weighted by molar-refractivity contribution is -0.111. The van der Waals surface area contributed by atoms with Gasteiger partial charge in [0.05, 0.1) is 0 Å². The van der Waals surface area contributed by atoms with Gasteiger partial charge >= 0.3 is 0 Å². The summed E-state index contributed by atoms with van der Waals surface area (Å²) in [6.07, 6.45) is 7.70. The Bertz CT molecular complexity index is 493. The van der Waals surface area contributed by atoms with Crippen LogP contribution in [0.5, 0.6) is 5.75 Å². The highest BCUT2D eigenvalue weighted by Gasteiger charge is 1.99. The fourth-order valence-electron chi connectivity index (χ4n) is 1.27. The molecule has 0 atom stereocenters. The Morgan fingerprint density at radius 1 is 1.29 bits per heavy atom. The van der Waals surface area contributed by atoms with Gasteiger partial charge in [-0.2, -0.15) is 0 Å². The highest BCUT2D eigenvalue weighted by atomic mass is 16.3. The van der Waals surface area contributed by atoms with Gasteiger partial charge in [0, 0.05) is 5.57 Å². The summed E-state index contributed by atoms with van der Waals surface area (Å²) in [7, 11) is 0. The van der Waals surface area contributed by atoms with Crippen molar-refractivity contribution >= 4 is 11.9 Å². The van der Waals surface area contributed by atoms with Gasteiger partial charge in [0.2, 0.25) is 0 Å². The lowest BCUT2D eigenvalue weighted by Crippen LogP contribution is -1.94. The number of hydrogen-bond acceptors (Lipinski definition) is 2. The van der Waals surface area contributed by atoms with E-state index in [0.29, 0.717) is 5.57 Å². The molecule has 0 bridgehead atoms. The van der Waals surface area contributed by atoms with Crippen LogP contribution < -0.4 is 0 Å². The van der Waals surface area contributed by atoms with E-state index < -0.39 is 0 Å². The van der Waals surface area contributed by atoms with Crippen molar-refractivity contribution in [2.45, 2.75) is 0 Å². The maximum Gasteiger partial charge on any atom is 0.185 e. The minimum Gasteiger partial charge on any atom is -0.508 e. The van der Waals surface area contributed by atoms with E-state index in [1.165, 1.54) is 18.2 Å². The third kappa shape index (κ3) is 3.95. The second-order valence-electron chi connectivity index (χ2n) is 3.35. The summed E-state index contributed by atoms with van der Waals surface area (Å²) in [6.45, 7) is 7.09. The van der Waals surface area contributed by atoms with Gasteiger partial charge in [-0.3, -0.25) is 4.79 Å². The highest BCUT2D eigenvalue weighted by Crippen LogP contribution is 2.12. The lowest BCUT2D eigenvalue weighted by Gasteiger charge is -1.96. The van der Waals surface area contributed by atoms with E-state index in [0.717, 1.165) is 5.56 Å².